The van der Waals surface area contributed by atoms with Crippen LogP contribution in [0.25, 0.3) is 0 Å². The van der Waals surface area contributed by atoms with Gasteiger partial charge in [-0.25, -0.2) is 0 Å². The molecule has 0 aliphatic rings. The van der Waals surface area contributed by atoms with E-state index in [9.17, 15) is 0 Å². The molecule has 0 amide bonds. The van der Waals surface area contributed by atoms with Crippen molar-refractivity contribution >= 4 is 11.6 Å². The molecule has 0 heterocycles. The van der Waals surface area contributed by atoms with Crippen LogP contribution in [-0.2, 0) is 0 Å². The third kappa shape index (κ3) is 5.99. The van der Waals surface area contributed by atoms with Gasteiger partial charge in [0.15, 0.2) is 0 Å². The zero-order chi connectivity index (χ0) is 5.91. The minimum absolute atomic E-state index is 0.262. The van der Waals surface area contributed by atoms with Crippen molar-refractivity contribution in [2.24, 2.45) is 5.73 Å². The first-order valence-electron chi connectivity index (χ1n) is 2.13. The Labute approximate surface area is 49.2 Å². The highest BCUT2D eigenvalue weighted by Gasteiger charge is 2.01. The Morgan fingerprint density at radius 3 is 2.00 bits per heavy atom. The van der Waals surface area contributed by atoms with E-state index in [1.807, 2.05) is 13.8 Å². The van der Waals surface area contributed by atoms with Crippen LogP contribution in [0.4, 0.5) is 0 Å². The van der Waals surface area contributed by atoms with Crippen LogP contribution in [0.15, 0.2) is 11.6 Å². The fourth-order valence-corrected chi connectivity index (χ4v) is 0.487. The van der Waals surface area contributed by atoms with Crippen LogP contribution < -0.4 is 5.73 Å². The summed E-state index contributed by atoms with van der Waals surface area (Å²) in [6.45, 7) is 3.76. The van der Waals surface area contributed by atoms with Gasteiger partial charge in [-0.05, 0) is 13.8 Å². The summed E-state index contributed by atoms with van der Waals surface area (Å²) < 4.78 is 0. The molecule has 1 nitrogen and oxygen atoms in total. The van der Waals surface area contributed by atoms with E-state index in [0.29, 0.717) is 0 Å². The molecule has 0 saturated heterocycles. The predicted octanol–water partition coefficient (Wildman–Crippen LogP) is 1.48. The highest BCUT2D eigenvalue weighted by Crippen LogP contribution is 1.98. The largest absolute Gasteiger partial charge is 0.322 e. The van der Waals surface area contributed by atoms with E-state index >= 15 is 0 Å². The minimum Gasteiger partial charge on any atom is -0.322 e. The number of rotatable bonds is 1. The SMILES string of the molecule is CC(C)(N)C=CCl. The maximum atomic E-state index is 5.47. The Hall–Kier alpha value is -0.0100. The molecule has 2 heteroatoms. The van der Waals surface area contributed by atoms with Crippen LogP contribution in [0.2, 0.25) is 0 Å². The lowest BCUT2D eigenvalue weighted by atomic mass is 10.1. The van der Waals surface area contributed by atoms with Gasteiger partial charge in [0.2, 0.25) is 0 Å². The second-order valence-electron chi connectivity index (χ2n) is 2.11. The van der Waals surface area contributed by atoms with Crippen LogP contribution in [-0.4, -0.2) is 5.54 Å². The van der Waals surface area contributed by atoms with Gasteiger partial charge in [0.05, 0.1) is 0 Å². The molecule has 0 radical (unpaired) electrons. The van der Waals surface area contributed by atoms with Gasteiger partial charge >= 0.3 is 0 Å². The molecule has 42 valence electrons. The van der Waals surface area contributed by atoms with Gasteiger partial charge in [-0.1, -0.05) is 17.7 Å². The van der Waals surface area contributed by atoms with Crippen LogP contribution in [0.3, 0.4) is 0 Å². The molecule has 0 aliphatic heterocycles. The lowest BCUT2D eigenvalue weighted by molar-refractivity contribution is 0.655. The van der Waals surface area contributed by atoms with Gasteiger partial charge in [-0.15, -0.1) is 0 Å². The monoisotopic (exact) mass is 119 g/mol. The van der Waals surface area contributed by atoms with Crippen LogP contribution in [0, 0.1) is 0 Å². The number of halogens is 1. The van der Waals surface area contributed by atoms with E-state index in [0.717, 1.165) is 0 Å². The van der Waals surface area contributed by atoms with E-state index in [1.165, 1.54) is 5.54 Å². The minimum atomic E-state index is -0.262. The van der Waals surface area contributed by atoms with Crippen LogP contribution in [0.5, 0.6) is 0 Å². The van der Waals surface area contributed by atoms with E-state index in [1.54, 1.807) is 6.08 Å². The van der Waals surface area contributed by atoms with Gasteiger partial charge in [0.1, 0.15) is 0 Å². The molecule has 0 atom stereocenters. The average Bonchev–Trinajstić information content (AvgIpc) is 1.30. The second kappa shape index (κ2) is 2.34. The summed E-state index contributed by atoms with van der Waals surface area (Å²) in [5.41, 5.74) is 6.64. The number of nitrogens with two attached hydrogens (primary N) is 1. The van der Waals surface area contributed by atoms with E-state index < -0.39 is 0 Å². The first kappa shape index (κ1) is 6.99. The third-order valence-electron chi connectivity index (χ3n) is 0.493. The summed E-state index contributed by atoms with van der Waals surface area (Å²) in [5, 5.41) is 0. The quantitative estimate of drug-likeness (QED) is 0.556. The van der Waals surface area contributed by atoms with Gasteiger partial charge in [0, 0.05) is 11.1 Å². The Morgan fingerprint density at radius 1 is 1.57 bits per heavy atom. The lowest BCUT2D eigenvalue weighted by Crippen LogP contribution is -2.28. The van der Waals surface area contributed by atoms with Gasteiger partial charge < -0.3 is 5.73 Å². The van der Waals surface area contributed by atoms with Crippen molar-refractivity contribution in [1.29, 1.82) is 0 Å². The summed E-state index contributed by atoms with van der Waals surface area (Å²) in [4.78, 5) is 0. The fourth-order valence-electron chi connectivity index (χ4n) is 0.162. The van der Waals surface area contributed by atoms with Crippen molar-refractivity contribution in [3.05, 3.63) is 11.6 Å². The summed E-state index contributed by atoms with van der Waals surface area (Å²) >= 11 is 5.23. The van der Waals surface area contributed by atoms with E-state index in [2.05, 4.69) is 0 Å². The molecule has 0 rings (SSSR count). The Kier molecular flexibility index (Phi) is 2.33. The number of hydrogen-bond acceptors (Lipinski definition) is 1. The molecule has 0 fully saturated rings. The fraction of sp³-hybridized carbons (Fsp3) is 0.600. The normalized spacial score (nSPS) is 13.1. The Morgan fingerprint density at radius 2 is 2.00 bits per heavy atom. The first-order valence-corrected chi connectivity index (χ1v) is 2.57. The van der Waals surface area contributed by atoms with E-state index in [4.69, 9.17) is 17.3 Å². The van der Waals surface area contributed by atoms with Crippen LogP contribution >= 0.6 is 11.6 Å². The molecule has 0 saturated carbocycles. The maximum absolute atomic E-state index is 5.47. The van der Waals surface area contributed by atoms with Gasteiger partial charge in [-0.3, -0.25) is 0 Å². The molecule has 0 aromatic carbocycles. The Balaban J connectivity index is 3.56. The summed E-state index contributed by atoms with van der Waals surface area (Å²) in [6.07, 6.45) is 1.73. The third-order valence-corrected chi connectivity index (χ3v) is 0.619. The van der Waals surface area contributed by atoms with Gasteiger partial charge in [-0.2, -0.15) is 0 Å². The molecule has 0 unspecified atom stereocenters. The molecule has 0 bridgehead atoms. The lowest BCUT2D eigenvalue weighted by Gasteiger charge is -2.09. The standard InChI is InChI=1S/C5H10ClN/c1-5(2,7)3-4-6/h3-4H,7H2,1-2H3. The molecular weight excluding hydrogens is 110 g/mol. The molecule has 2 N–H and O–H groups in total. The van der Waals surface area contributed by atoms with Crippen molar-refractivity contribution < 1.29 is 0 Å². The zero-order valence-electron chi connectivity index (χ0n) is 4.61. The van der Waals surface area contributed by atoms with Crippen molar-refractivity contribution in [2.75, 3.05) is 0 Å². The average molecular weight is 120 g/mol. The van der Waals surface area contributed by atoms with Crippen molar-refractivity contribution in [3.63, 3.8) is 0 Å². The van der Waals surface area contributed by atoms with Crippen molar-refractivity contribution in [2.45, 2.75) is 19.4 Å². The zero-order valence-corrected chi connectivity index (χ0v) is 5.37. The highest BCUT2D eigenvalue weighted by atomic mass is 35.5. The molecule has 7 heavy (non-hydrogen) atoms. The van der Waals surface area contributed by atoms with Gasteiger partial charge in [0.25, 0.3) is 0 Å². The summed E-state index contributed by atoms with van der Waals surface area (Å²) in [5.74, 6) is 0. The second-order valence-corrected chi connectivity index (χ2v) is 2.37. The van der Waals surface area contributed by atoms with E-state index in [-0.39, 0.29) is 5.54 Å². The first-order chi connectivity index (χ1) is 3.06. The van der Waals surface area contributed by atoms with Crippen LogP contribution in [0.1, 0.15) is 13.8 Å². The molecule has 0 spiro atoms. The van der Waals surface area contributed by atoms with Crippen molar-refractivity contribution in [1.82, 2.24) is 0 Å². The summed E-state index contributed by atoms with van der Waals surface area (Å²) in [7, 11) is 0. The molecule has 0 aromatic heterocycles. The predicted molar refractivity (Wildman–Crippen MR) is 33.3 cm³/mol. The molecule has 0 aliphatic carbocycles. The summed E-state index contributed by atoms with van der Waals surface area (Å²) in [6, 6.07) is 0. The Bertz CT molecular complexity index is 70.6. The molecule has 0 aromatic rings. The smallest absolute Gasteiger partial charge is 0.0293 e. The number of hydrogen-bond donors (Lipinski definition) is 1. The highest BCUT2D eigenvalue weighted by molar-refractivity contribution is 6.25. The molecular formula is C5H10ClN. The maximum Gasteiger partial charge on any atom is 0.0293 e. The van der Waals surface area contributed by atoms with Crippen molar-refractivity contribution in [3.8, 4) is 0 Å². The topological polar surface area (TPSA) is 26.0 Å².